The van der Waals surface area contributed by atoms with E-state index in [-0.39, 0.29) is 30.4 Å². The van der Waals surface area contributed by atoms with Crippen molar-refractivity contribution in [2.24, 2.45) is 0 Å². The lowest BCUT2D eigenvalue weighted by molar-refractivity contribution is -0.139. The van der Waals surface area contributed by atoms with Crippen LogP contribution in [0.15, 0.2) is 23.8 Å². The molecule has 0 amide bonds. The second-order valence-electron chi connectivity index (χ2n) is 12.4. The summed E-state index contributed by atoms with van der Waals surface area (Å²) < 4.78 is 11.2. The molecule has 0 spiro atoms. The van der Waals surface area contributed by atoms with Crippen LogP contribution in [-0.4, -0.2) is 46.7 Å². The monoisotopic (exact) mass is 562 g/mol. The standard InChI is InChI=1S/C35H62O5/c1-3-4-5-6-7-8-12-15-18-21-24-31(36)33-26-27-34(40-33)32(37)25-22-19-16-13-10-9-11-14-17-20-23-30-28-29(2)39-35(30)38/h17,20,28-29,31-34,36-37H,3-16,18-19,21-27H2,1-2H3/b20-17+/t29-,31+,32-,33+,34-/m0/s1. The Bertz CT molecular complexity index is 702. The van der Waals surface area contributed by atoms with Gasteiger partial charge in [0.15, 0.2) is 0 Å². The summed E-state index contributed by atoms with van der Waals surface area (Å²) in [6.45, 7) is 4.16. The number of aliphatic hydroxyl groups is 2. The van der Waals surface area contributed by atoms with Gasteiger partial charge in [0.2, 0.25) is 0 Å². The van der Waals surface area contributed by atoms with Crippen molar-refractivity contribution in [3.63, 3.8) is 0 Å². The van der Waals surface area contributed by atoms with Crippen LogP contribution >= 0.6 is 0 Å². The van der Waals surface area contributed by atoms with Crippen LogP contribution in [0.2, 0.25) is 0 Å². The largest absolute Gasteiger partial charge is 0.455 e. The quantitative estimate of drug-likeness (QED) is 0.0660. The molecule has 1 fully saturated rings. The minimum atomic E-state index is -0.397. The average Bonchev–Trinajstić information content (AvgIpc) is 3.56. The van der Waals surface area contributed by atoms with Gasteiger partial charge in [-0.25, -0.2) is 4.79 Å². The SMILES string of the molecule is CCCCCCCCCCCC[C@@H](O)[C@H]1CC[C@@H]([C@@H](O)CCCCCCCCC/C=C/CC2=C[C@H](C)OC2=O)O1. The lowest BCUT2D eigenvalue weighted by atomic mass is 10.00. The van der Waals surface area contributed by atoms with E-state index < -0.39 is 6.10 Å². The smallest absolute Gasteiger partial charge is 0.334 e. The van der Waals surface area contributed by atoms with E-state index in [0.717, 1.165) is 56.9 Å². The first-order valence-electron chi connectivity index (χ1n) is 17.1. The van der Waals surface area contributed by atoms with Gasteiger partial charge in [0.25, 0.3) is 0 Å². The van der Waals surface area contributed by atoms with Crippen molar-refractivity contribution < 1.29 is 24.5 Å². The molecule has 2 rings (SSSR count). The molecule has 0 aliphatic carbocycles. The van der Waals surface area contributed by atoms with E-state index in [2.05, 4.69) is 19.1 Å². The second kappa shape index (κ2) is 22.4. The molecule has 40 heavy (non-hydrogen) atoms. The van der Waals surface area contributed by atoms with Crippen LogP contribution in [0.1, 0.15) is 162 Å². The number of hydrogen-bond acceptors (Lipinski definition) is 5. The molecule has 0 aromatic carbocycles. The van der Waals surface area contributed by atoms with E-state index in [4.69, 9.17) is 9.47 Å². The van der Waals surface area contributed by atoms with Crippen LogP contribution in [0.4, 0.5) is 0 Å². The van der Waals surface area contributed by atoms with Crippen molar-refractivity contribution in [3.05, 3.63) is 23.8 Å². The normalized spacial score (nSPS) is 22.6. The molecule has 0 aromatic rings. The van der Waals surface area contributed by atoms with Crippen molar-refractivity contribution in [1.29, 1.82) is 0 Å². The highest BCUT2D eigenvalue weighted by atomic mass is 16.5. The second-order valence-corrected chi connectivity index (χ2v) is 12.4. The Balaban J connectivity index is 1.37. The highest BCUT2D eigenvalue weighted by Crippen LogP contribution is 2.28. The minimum absolute atomic E-state index is 0.0782. The maximum absolute atomic E-state index is 11.6. The summed E-state index contributed by atoms with van der Waals surface area (Å²) in [5.74, 6) is -0.168. The number of ether oxygens (including phenoxy) is 2. The Morgan fingerprint density at radius 3 is 1.70 bits per heavy atom. The number of rotatable bonds is 25. The molecule has 2 aliphatic heterocycles. The Morgan fingerprint density at radius 2 is 1.23 bits per heavy atom. The number of hydrogen-bond donors (Lipinski definition) is 2. The summed E-state index contributed by atoms with van der Waals surface area (Å²) in [4.78, 5) is 11.6. The predicted octanol–water partition coefficient (Wildman–Crippen LogP) is 8.90. The fourth-order valence-corrected chi connectivity index (χ4v) is 6.08. The van der Waals surface area contributed by atoms with Crippen LogP contribution in [0, 0.1) is 0 Å². The third kappa shape index (κ3) is 15.7. The molecule has 2 aliphatic rings. The molecule has 232 valence electrons. The van der Waals surface area contributed by atoms with Gasteiger partial charge in [-0.1, -0.05) is 122 Å². The lowest BCUT2D eigenvalue weighted by Crippen LogP contribution is -2.31. The van der Waals surface area contributed by atoms with E-state index in [1.807, 2.05) is 13.0 Å². The van der Waals surface area contributed by atoms with Crippen molar-refractivity contribution >= 4 is 5.97 Å². The molecule has 5 nitrogen and oxygen atoms in total. The molecule has 5 heteroatoms. The molecule has 0 aromatic heterocycles. The summed E-state index contributed by atoms with van der Waals surface area (Å²) >= 11 is 0. The summed E-state index contributed by atoms with van der Waals surface area (Å²) in [6.07, 6.45) is 31.8. The van der Waals surface area contributed by atoms with Gasteiger partial charge in [-0.2, -0.15) is 0 Å². The summed E-state index contributed by atoms with van der Waals surface area (Å²) in [6, 6.07) is 0. The van der Waals surface area contributed by atoms with Gasteiger partial charge < -0.3 is 19.7 Å². The number of carbonyl (C=O) groups excluding carboxylic acids is 1. The Labute approximate surface area is 246 Å². The molecule has 1 saturated heterocycles. The van der Waals surface area contributed by atoms with Crippen molar-refractivity contribution in [2.75, 3.05) is 0 Å². The molecule has 2 heterocycles. The van der Waals surface area contributed by atoms with Gasteiger partial charge in [-0.15, -0.1) is 0 Å². The van der Waals surface area contributed by atoms with Crippen molar-refractivity contribution in [1.82, 2.24) is 0 Å². The summed E-state index contributed by atoms with van der Waals surface area (Å²) in [5.41, 5.74) is 0.783. The van der Waals surface area contributed by atoms with Gasteiger partial charge in [0.1, 0.15) is 6.10 Å². The zero-order valence-corrected chi connectivity index (χ0v) is 26.0. The average molecular weight is 563 g/mol. The first-order chi connectivity index (χ1) is 19.5. The Kier molecular flexibility index (Phi) is 19.6. The third-order valence-corrected chi connectivity index (χ3v) is 8.66. The molecule has 0 unspecified atom stereocenters. The van der Waals surface area contributed by atoms with Crippen LogP contribution in [-0.2, 0) is 14.3 Å². The first kappa shape index (κ1) is 35.0. The van der Waals surface area contributed by atoms with Crippen LogP contribution in [0.25, 0.3) is 0 Å². The van der Waals surface area contributed by atoms with E-state index in [9.17, 15) is 15.0 Å². The fourth-order valence-electron chi connectivity index (χ4n) is 6.08. The molecule has 5 atom stereocenters. The number of aliphatic hydroxyl groups excluding tert-OH is 2. The van der Waals surface area contributed by atoms with Gasteiger partial charge in [0, 0.05) is 5.57 Å². The summed E-state index contributed by atoms with van der Waals surface area (Å²) in [7, 11) is 0. The molecule has 0 radical (unpaired) electrons. The van der Waals surface area contributed by atoms with Crippen LogP contribution in [0.3, 0.4) is 0 Å². The molecule has 0 saturated carbocycles. The van der Waals surface area contributed by atoms with Crippen molar-refractivity contribution in [2.45, 2.75) is 192 Å². The Morgan fingerprint density at radius 1 is 0.750 bits per heavy atom. The van der Waals surface area contributed by atoms with Crippen molar-refractivity contribution in [3.8, 4) is 0 Å². The van der Waals surface area contributed by atoms with Gasteiger partial charge in [-0.05, 0) is 57.9 Å². The Hall–Kier alpha value is -1.17. The summed E-state index contributed by atoms with van der Waals surface area (Å²) in [5, 5.41) is 21.2. The molecular weight excluding hydrogens is 500 g/mol. The van der Waals surface area contributed by atoms with Crippen LogP contribution in [0.5, 0.6) is 0 Å². The maximum atomic E-state index is 11.6. The lowest BCUT2D eigenvalue weighted by Gasteiger charge is -2.22. The number of esters is 1. The minimum Gasteiger partial charge on any atom is -0.455 e. The van der Waals surface area contributed by atoms with Gasteiger partial charge in [0.05, 0.1) is 24.4 Å². The number of unbranched alkanes of at least 4 members (excludes halogenated alkanes) is 16. The van der Waals surface area contributed by atoms with E-state index in [1.54, 1.807) is 0 Å². The molecule has 2 N–H and O–H groups in total. The van der Waals surface area contributed by atoms with Gasteiger partial charge in [-0.3, -0.25) is 0 Å². The zero-order valence-electron chi connectivity index (χ0n) is 26.0. The first-order valence-corrected chi connectivity index (χ1v) is 17.1. The number of carbonyl (C=O) groups is 1. The topological polar surface area (TPSA) is 76.0 Å². The number of cyclic esters (lactones) is 1. The highest BCUT2D eigenvalue weighted by molar-refractivity contribution is 5.91. The van der Waals surface area contributed by atoms with E-state index in [0.29, 0.717) is 6.42 Å². The zero-order chi connectivity index (χ0) is 28.8. The number of allylic oxidation sites excluding steroid dienone is 2. The highest BCUT2D eigenvalue weighted by Gasteiger charge is 2.34. The fraction of sp³-hybridized carbons (Fsp3) is 0.857. The van der Waals surface area contributed by atoms with Crippen LogP contribution < -0.4 is 0 Å². The van der Waals surface area contributed by atoms with E-state index >= 15 is 0 Å². The van der Waals surface area contributed by atoms with Gasteiger partial charge >= 0.3 is 5.97 Å². The molecule has 0 bridgehead atoms. The maximum Gasteiger partial charge on any atom is 0.334 e. The van der Waals surface area contributed by atoms with E-state index in [1.165, 1.54) is 89.9 Å². The molecular formula is C35H62O5. The third-order valence-electron chi connectivity index (χ3n) is 8.66. The predicted molar refractivity (Wildman–Crippen MR) is 165 cm³/mol.